The van der Waals surface area contributed by atoms with E-state index in [1.807, 2.05) is 19.1 Å². The van der Waals surface area contributed by atoms with Crippen molar-refractivity contribution in [1.82, 2.24) is 25.3 Å². The van der Waals surface area contributed by atoms with Crippen LogP contribution in [0.5, 0.6) is 5.75 Å². The van der Waals surface area contributed by atoms with Gasteiger partial charge in [-0.05, 0) is 50.1 Å². The molecule has 0 saturated carbocycles. The zero-order valence-electron chi connectivity index (χ0n) is 17.8. The smallest absolute Gasteiger partial charge is 0.161 e. The highest BCUT2D eigenvalue weighted by Gasteiger charge is 2.52. The molecule has 8 heteroatoms. The summed E-state index contributed by atoms with van der Waals surface area (Å²) in [5, 5.41) is 26.2. The summed E-state index contributed by atoms with van der Waals surface area (Å²) in [5.41, 5.74) is 1.58. The Balaban J connectivity index is 1.38. The molecular formula is C24H23F2N5O. The van der Waals surface area contributed by atoms with Crippen LogP contribution >= 0.6 is 0 Å². The molecule has 1 saturated heterocycles. The van der Waals surface area contributed by atoms with Gasteiger partial charge < -0.3 is 5.11 Å². The van der Waals surface area contributed by atoms with Crippen LogP contribution in [0.4, 0.5) is 8.78 Å². The van der Waals surface area contributed by atoms with Crippen LogP contribution in [0.25, 0.3) is 22.5 Å². The number of nitrogens with zero attached hydrogens (tertiary/aromatic N) is 4. The van der Waals surface area contributed by atoms with Crippen LogP contribution in [0.3, 0.4) is 0 Å². The Morgan fingerprint density at radius 2 is 2.03 bits per heavy atom. The summed E-state index contributed by atoms with van der Waals surface area (Å²) in [6.45, 7) is 8.05. The van der Waals surface area contributed by atoms with Crippen molar-refractivity contribution < 1.29 is 13.9 Å². The number of halogens is 2. The quantitative estimate of drug-likeness (QED) is 0.600. The SMILES string of the molecule is C=C(c1ccc(-c2ccc(-n3cc(F)cn3)cc2O)nn1)[C@H]1C[C@]2(C)C=C[C@@](C)(N2)[C@H]1F. The van der Waals surface area contributed by atoms with E-state index in [1.165, 1.54) is 16.9 Å². The number of rotatable bonds is 4. The number of hydrogen-bond donors (Lipinski definition) is 2. The van der Waals surface area contributed by atoms with Gasteiger partial charge in [0.2, 0.25) is 0 Å². The maximum absolute atomic E-state index is 15.3. The first kappa shape index (κ1) is 20.5. The summed E-state index contributed by atoms with van der Waals surface area (Å²) in [5.74, 6) is -0.889. The van der Waals surface area contributed by atoms with Gasteiger partial charge in [-0.15, -0.1) is 5.10 Å². The van der Waals surface area contributed by atoms with Crippen molar-refractivity contribution in [2.45, 2.75) is 37.5 Å². The number of phenolic OH excluding ortho intramolecular Hbond substituents is 1. The van der Waals surface area contributed by atoms with Gasteiger partial charge in [-0.25, -0.2) is 13.5 Å². The van der Waals surface area contributed by atoms with Gasteiger partial charge in [0.15, 0.2) is 5.82 Å². The average molecular weight is 435 g/mol. The Kier molecular flexibility index (Phi) is 4.53. The van der Waals surface area contributed by atoms with Crippen molar-refractivity contribution in [2.75, 3.05) is 0 Å². The van der Waals surface area contributed by atoms with E-state index in [9.17, 15) is 9.50 Å². The number of phenols is 1. The number of benzene rings is 1. The Bertz CT molecular complexity index is 1240. The third-order valence-electron chi connectivity index (χ3n) is 6.44. The molecule has 2 N–H and O–H groups in total. The van der Waals surface area contributed by atoms with Crippen molar-refractivity contribution in [1.29, 1.82) is 0 Å². The van der Waals surface area contributed by atoms with Crippen molar-refractivity contribution in [3.05, 3.63) is 73.0 Å². The van der Waals surface area contributed by atoms with Crippen molar-refractivity contribution in [3.63, 3.8) is 0 Å². The highest BCUT2D eigenvalue weighted by molar-refractivity contribution is 5.70. The van der Waals surface area contributed by atoms with E-state index < -0.39 is 17.5 Å². The molecule has 2 bridgehead atoms. The second-order valence-corrected chi connectivity index (χ2v) is 9.00. The second kappa shape index (κ2) is 7.06. The molecule has 2 aliphatic heterocycles. The molecule has 4 heterocycles. The molecule has 0 spiro atoms. The summed E-state index contributed by atoms with van der Waals surface area (Å²) in [4.78, 5) is 0. The molecule has 32 heavy (non-hydrogen) atoms. The van der Waals surface area contributed by atoms with Crippen LogP contribution < -0.4 is 5.32 Å². The molecule has 6 nitrogen and oxygen atoms in total. The Hall–Kier alpha value is -3.39. The number of alkyl halides is 1. The number of fused-ring (bicyclic) bond motifs is 2. The summed E-state index contributed by atoms with van der Waals surface area (Å²) >= 11 is 0. The summed E-state index contributed by atoms with van der Waals surface area (Å²) in [6, 6.07) is 8.31. The molecule has 0 radical (unpaired) electrons. The molecule has 0 amide bonds. The number of hydrogen-bond acceptors (Lipinski definition) is 5. The Morgan fingerprint density at radius 3 is 2.69 bits per heavy atom. The van der Waals surface area contributed by atoms with E-state index in [0.29, 0.717) is 34.6 Å². The lowest BCUT2D eigenvalue weighted by Crippen LogP contribution is -2.61. The molecule has 4 atom stereocenters. The molecule has 2 aromatic heterocycles. The zero-order valence-corrected chi connectivity index (χ0v) is 17.8. The minimum absolute atomic E-state index is 0.0371. The first-order chi connectivity index (χ1) is 15.2. The van der Waals surface area contributed by atoms with Crippen LogP contribution in [-0.4, -0.2) is 42.3 Å². The first-order valence-electron chi connectivity index (χ1n) is 10.4. The maximum atomic E-state index is 15.3. The maximum Gasteiger partial charge on any atom is 0.161 e. The molecule has 1 aromatic carbocycles. The first-order valence-corrected chi connectivity index (χ1v) is 10.4. The lowest BCUT2D eigenvalue weighted by Gasteiger charge is -2.45. The van der Waals surface area contributed by atoms with Crippen LogP contribution in [0, 0.1) is 11.7 Å². The monoisotopic (exact) mass is 435 g/mol. The molecule has 0 unspecified atom stereocenters. The molecule has 3 aromatic rings. The third kappa shape index (κ3) is 3.31. The van der Waals surface area contributed by atoms with Gasteiger partial charge in [-0.2, -0.15) is 10.2 Å². The van der Waals surface area contributed by atoms with Crippen LogP contribution in [-0.2, 0) is 0 Å². The van der Waals surface area contributed by atoms with E-state index in [2.05, 4.69) is 34.1 Å². The predicted molar refractivity (Wildman–Crippen MR) is 117 cm³/mol. The van der Waals surface area contributed by atoms with Gasteiger partial charge in [0.05, 0.1) is 35.0 Å². The molecule has 2 aliphatic rings. The van der Waals surface area contributed by atoms with Crippen LogP contribution in [0.1, 0.15) is 26.0 Å². The number of aromatic nitrogens is 4. The van der Waals surface area contributed by atoms with E-state index in [0.717, 1.165) is 6.20 Å². The van der Waals surface area contributed by atoms with Crippen molar-refractivity contribution in [3.8, 4) is 22.7 Å². The normalized spacial score (nSPS) is 28.8. The van der Waals surface area contributed by atoms with Crippen LogP contribution in [0.2, 0.25) is 0 Å². The molecule has 1 fully saturated rings. The van der Waals surface area contributed by atoms with Gasteiger partial charge in [-0.3, -0.25) is 5.32 Å². The van der Waals surface area contributed by atoms with Gasteiger partial charge in [0.25, 0.3) is 0 Å². The highest BCUT2D eigenvalue weighted by Crippen LogP contribution is 2.46. The molecule has 164 valence electrons. The largest absolute Gasteiger partial charge is 0.507 e. The van der Waals surface area contributed by atoms with Crippen molar-refractivity contribution in [2.24, 2.45) is 5.92 Å². The standard InChI is InChI=1S/C24H23F2N5O/c1-14(18-11-23(2)8-9-24(3,30-23)22(18)26)19-6-7-20(29-28-19)17-5-4-16(10-21(17)32)31-13-15(25)12-27-31/h4-10,12-13,18,22,30,32H,1,11H2,2-3H3/t18-,22+,23+,24-/m1/s1. The lowest BCUT2D eigenvalue weighted by atomic mass is 9.74. The van der Waals surface area contributed by atoms with Gasteiger partial charge >= 0.3 is 0 Å². The summed E-state index contributed by atoms with van der Waals surface area (Å²) < 4.78 is 29.9. The number of nitrogens with one attached hydrogen (secondary N) is 1. The Morgan fingerprint density at radius 1 is 1.22 bits per heavy atom. The minimum Gasteiger partial charge on any atom is -0.507 e. The van der Waals surface area contributed by atoms with Gasteiger partial charge in [-0.1, -0.05) is 18.7 Å². The predicted octanol–water partition coefficient (Wildman–Crippen LogP) is 4.22. The molecule has 0 aliphatic carbocycles. The van der Waals surface area contributed by atoms with E-state index in [1.54, 1.807) is 24.3 Å². The third-order valence-corrected chi connectivity index (χ3v) is 6.44. The van der Waals surface area contributed by atoms with Gasteiger partial charge in [0.1, 0.15) is 11.9 Å². The summed E-state index contributed by atoms with van der Waals surface area (Å²) in [7, 11) is 0. The van der Waals surface area contributed by atoms with E-state index in [4.69, 9.17) is 0 Å². The number of aromatic hydroxyl groups is 1. The fraction of sp³-hybridized carbons (Fsp3) is 0.292. The topological polar surface area (TPSA) is 75.9 Å². The fourth-order valence-corrected chi connectivity index (χ4v) is 4.77. The average Bonchev–Trinajstić information content (AvgIpc) is 3.32. The van der Waals surface area contributed by atoms with E-state index >= 15 is 4.39 Å². The fourth-order valence-electron chi connectivity index (χ4n) is 4.77. The van der Waals surface area contributed by atoms with E-state index in [-0.39, 0.29) is 17.2 Å². The Labute approximate surface area is 184 Å². The van der Waals surface area contributed by atoms with Crippen molar-refractivity contribution >= 4 is 5.57 Å². The zero-order chi connectivity index (χ0) is 22.7. The van der Waals surface area contributed by atoms with Gasteiger partial charge in [0, 0.05) is 23.1 Å². The molecule has 5 rings (SSSR count). The number of allylic oxidation sites excluding steroid dienone is 1. The summed E-state index contributed by atoms with van der Waals surface area (Å²) in [6.07, 6.45) is 5.70. The second-order valence-electron chi connectivity index (χ2n) is 9.00. The highest BCUT2D eigenvalue weighted by atomic mass is 19.1. The number of piperidine rings is 1. The lowest BCUT2D eigenvalue weighted by molar-refractivity contribution is 0.0913. The molecular weight excluding hydrogens is 412 g/mol. The van der Waals surface area contributed by atoms with Crippen LogP contribution in [0.15, 0.2) is 61.5 Å². The minimum atomic E-state index is -1.13.